The molecule has 112 valence electrons. The van der Waals surface area contributed by atoms with Crippen molar-refractivity contribution in [2.24, 2.45) is 5.73 Å². The smallest absolute Gasteiger partial charge is 0.251 e. The van der Waals surface area contributed by atoms with Crippen LogP contribution in [0.25, 0.3) is 0 Å². The van der Waals surface area contributed by atoms with Crippen LogP contribution in [0.2, 0.25) is 0 Å². The second-order valence-corrected chi connectivity index (χ2v) is 5.12. The van der Waals surface area contributed by atoms with Crippen molar-refractivity contribution in [2.75, 3.05) is 13.1 Å². The molecule has 21 heavy (non-hydrogen) atoms. The van der Waals surface area contributed by atoms with Gasteiger partial charge < -0.3 is 11.1 Å². The molecule has 0 spiro atoms. The van der Waals surface area contributed by atoms with E-state index < -0.39 is 0 Å². The van der Waals surface area contributed by atoms with E-state index in [-0.39, 0.29) is 5.91 Å². The molecule has 1 heterocycles. The molecular formula is C16H22N4O. The molecule has 1 aromatic carbocycles. The minimum Gasteiger partial charge on any atom is -0.352 e. The number of benzene rings is 1. The van der Waals surface area contributed by atoms with Crippen LogP contribution in [-0.2, 0) is 12.8 Å². The van der Waals surface area contributed by atoms with Crippen molar-refractivity contribution in [3.8, 4) is 0 Å². The molecule has 4 N–H and O–H groups in total. The van der Waals surface area contributed by atoms with Crippen LogP contribution in [0, 0.1) is 6.92 Å². The third kappa shape index (κ3) is 4.43. The summed E-state index contributed by atoms with van der Waals surface area (Å²) < 4.78 is 0. The van der Waals surface area contributed by atoms with Gasteiger partial charge in [-0.15, -0.1) is 0 Å². The summed E-state index contributed by atoms with van der Waals surface area (Å²) in [5.74, 6) is -0.0294. The minimum atomic E-state index is -0.0294. The SMILES string of the molecule is Cc1[nH]ncc1CCCNC(=O)c1ccc(CCN)cc1. The molecule has 0 radical (unpaired) electrons. The molecular weight excluding hydrogens is 264 g/mol. The van der Waals surface area contributed by atoms with Gasteiger partial charge in [-0.2, -0.15) is 5.10 Å². The predicted molar refractivity (Wildman–Crippen MR) is 83.2 cm³/mol. The van der Waals surface area contributed by atoms with E-state index in [0.29, 0.717) is 18.7 Å². The fourth-order valence-corrected chi connectivity index (χ4v) is 2.20. The van der Waals surface area contributed by atoms with Crippen LogP contribution in [-0.4, -0.2) is 29.2 Å². The molecule has 2 aromatic rings. The average molecular weight is 286 g/mol. The zero-order valence-corrected chi connectivity index (χ0v) is 12.4. The van der Waals surface area contributed by atoms with Gasteiger partial charge in [0.2, 0.25) is 0 Å². The Balaban J connectivity index is 1.75. The topological polar surface area (TPSA) is 83.8 Å². The van der Waals surface area contributed by atoms with Gasteiger partial charge in [-0.25, -0.2) is 0 Å². The monoisotopic (exact) mass is 286 g/mol. The predicted octanol–water partition coefficient (Wildman–Crippen LogP) is 1.58. The molecule has 0 aliphatic heterocycles. The first-order valence-corrected chi connectivity index (χ1v) is 7.26. The maximum atomic E-state index is 12.0. The lowest BCUT2D eigenvalue weighted by atomic mass is 10.1. The molecule has 1 amide bonds. The maximum Gasteiger partial charge on any atom is 0.251 e. The third-order valence-corrected chi connectivity index (χ3v) is 3.49. The van der Waals surface area contributed by atoms with Gasteiger partial charge >= 0.3 is 0 Å². The lowest BCUT2D eigenvalue weighted by Crippen LogP contribution is -2.24. The highest BCUT2D eigenvalue weighted by Crippen LogP contribution is 2.06. The first-order chi connectivity index (χ1) is 10.2. The zero-order valence-electron chi connectivity index (χ0n) is 12.4. The minimum absolute atomic E-state index is 0.0294. The molecule has 1 aromatic heterocycles. The third-order valence-electron chi connectivity index (χ3n) is 3.49. The number of rotatable bonds is 7. The number of hydrogen-bond donors (Lipinski definition) is 3. The number of carbonyl (C=O) groups excluding carboxylic acids is 1. The largest absolute Gasteiger partial charge is 0.352 e. The highest BCUT2D eigenvalue weighted by Gasteiger charge is 2.05. The molecule has 5 heteroatoms. The Hall–Kier alpha value is -2.14. The van der Waals surface area contributed by atoms with Crippen molar-refractivity contribution in [3.05, 3.63) is 52.8 Å². The number of nitrogens with zero attached hydrogens (tertiary/aromatic N) is 1. The Bertz CT molecular complexity index is 574. The summed E-state index contributed by atoms with van der Waals surface area (Å²) in [4.78, 5) is 12.0. The van der Waals surface area contributed by atoms with E-state index in [0.717, 1.165) is 30.5 Å². The number of amides is 1. The molecule has 0 saturated heterocycles. The van der Waals surface area contributed by atoms with Gasteiger partial charge in [-0.1, -0.05) is 12.1 Å². The Morgan fingerprint density at radius 3 is 2.67 bits per heavy atom. The van der Waals surface area contributed by atoms with Crippen molar-refractivity contribution < 1.29 is 4.79 Å². The number of aryl methyl sites for hydroxylation is 2. The quantitative estimate of drug-likeness (QED) is 0.676. The van der Waals surface area contributed by atoms with E-state index in [1.807, 2.05) is 37.4 Å². The molecule has 2 rings (SSSR count). The Kier molecular flexibility index (Phi) is 5.51. The van der Waals surface area contributed by atoms with Crippen LogP contribution in [0.1, 0.15) is 33.6 Å². The molecule has 5 nitrogen and oxygen atoms in total. The van der Waals surface area contributed by atoms with E-state index in [2.05, 4.69) is 15.5 Å². The summed E-state index contributed by atoms with van der Waals surface area (Å²) in [6.45, 7) is 3.29. The zero-order chi connectivity index (χ0) is 15.1. The van der Waals surface area contributed by atoms with Crippen LogP contribution >= 0.6 is 0 Å². The molecule has 0 fully saturated rings. The number of nitrogens with two attached hydrogens (primary N) is 1. The van der Waals surface area contributed by atoms with Gasteiger partial charge in [0.25, 0.3) is 5.91 Å². The number of nitrogens with one attached hydrogen (secondary N) is 2. The van der Waals surface area contributed by atoms with Gasteiger partial charge in [0.15, 0.2) is 0 Å². The van der Waals surface area contributed by atoms with Crippen LogP contribution < -0.4 is 11.1 Å². The molecule has 0 bridgehead atoms. The average Bonchev–Trinajstić information content (AvgIpc) is 2.90. The summed E-state index contributed by atoms with van der Waals surface area (Å²) in [6, 6.07) is 7.61. The number of aromatic nitrogens is 2. The van der Waals surface area contributed by atoms with Gasteiger partial charge in [0.05, 0.1) is 6.20 Å². The van der Waals surface area contributed by atoms with Crippen LogP contribution in [0.4, 0.5) is 0 Å². The first-order valence-electron chi connectivity index (χ1n) is 7.26. The molecule has 0 saturated carbocycles. The van der Waals surface area contributed by atoms with Gasteiger partial charge in [-0.3, -0.25) is 9.89 Å². The molecule has 0 atom stereocenters. The summed E-state index contributed by atoms with van der Waals surface area (Å²) >= 11 is 0. The fourth-order valence-electron chi connectivity index (χ4n) is 2.20. The number of carbonyl (C=O) groups is 1. The maximum absolute atomic E-state index is 12.0. The van der Waals surface area contributed by atoms with E-state index in [1.54, 1.807) is 0 Å². The standard InChI is InChI=1S/C16H22N4O/c1-12-15(11-19-20-12)3-2-10-18-16(21)14-6-4-13(5-7-14)8-9-17/h4-7,11H,2-3,8-10,17H2,1H3,(H,18,21)(H,19,20). The van der Waals surface area contributed by atoms with Crippen LogP contribution in [0.5, 0.6) is 0 Å². The van der Waals surface area contributed by atoms with Crippen LogP contribution in [0.15, 0.2) is 30.5 Å². The van der Waals surface area contributed by atoms with Gasteiger partial charge in [0, 0.05) is 17.8 Å². The Morgan fingerprint density at radius 2 is 2.05 bits per heavy atom. The van der Waals surface area contributed by atoms with Crippen molar-refractivity contribution >= 4 is 5.91 Å². The van der Waals surface area contributed by atoms with Crippen molar-refractivity contribution in [3.63, 3.8) is 0 Å². The Morgan fingerprint density at radius 1 is 1.29 bits per heavy atom. The molecule has 0 aliphatic rings. The summed E-state index contributed by atoms with van der Waals surface area (Å²) in [7, 11) is 0. The van der Waals surface area contributed by atoms with Gasteiger partial charge in [-0.05, 0) is 56.0 Å². The van der Waals surface area contributed by atoms with E-state index in [9.17, 15) is 4.79 Å². The highest BCUT2D eigenvalue weighted by molar-refractivity contribution is 5.94. The second kappa shape index (κ2) is 7.59. The lowest BCUT2D eigenvalue weighted by Gasteiger charge is -2.06. The summed E-state index contributed by atoms with van der Waals surface area (Å²) in [5, 5.41) is 9.84. The van der Waals surface area contributed by atoms with Crippen molar-refractivity contribution in [2.45, 2.75) is 26.2 Å². The van der Waals surface area contributed by atoms with Crippen molar-refractivity contribution in [1.29, 1.82) is 0 Å². The lowest BCUT2D eigenvalue weighted by molar-refractivity contribution is 0.0953. The van der Waals surface area contributed by atoms with E-state index in [4.69, 9.17) is 5.73 Å². The summed E-state index contributed by atoms with van der Waals surface area (Å²) in [6.07, 6.45) is 4.49. The molecule has 0 unspecified atom stereocenters. The van der Waals surface area contributed by atoms with E-state index in [1.165, 1.54) is 5.56 Å². The Labute approximate surface area is 124 Å². The van der Waals surface area contributed by atoms with Gasteiger partial charge in [0.1, 0.15) is 0 Å². The number of aromatic amines is 1. The van der Waals surface area contributed by atoms with Crippen LogP contribution in [0.3, 0.4) is 0 Å². The second-order valence-electron chi connectivity index (χ2n) is 5.12. The normalized spacial score (nSPS) is 10.6. The number of H-pyrrole nitrogens is 1. The van der Waals surface area contributed by atoms with Crippen molar-refractivity contribution in [1.82, 2.24) is 15.5 Å². The number of hydrogen-bond acceptors (Lipinski definition) is 3. The molecule has 0 aliphatic carbocycles. The first kappa shape index (κ1) is 15.3. The highest BCUT2D eigenvalue weighted by atomic mass is 16.1. The fraction of sp³-hybridized carbons (Fsp3) is 0.375. The van der Waals surface area contributed by atoms with E-state index >= 15 is 0 Å². The summed E-state index contributed by atoms with van der Waals surface area (Å²) in [5.41, 5.74) is 9.65.